The molecule has 2 fully saturated rings. The molecule has 1 aliphatic heterocycles. The fraction of sp³-hybridized carbons (Fsp3) is 0.545. The summed E-state index contributed by atoms with van der Waals surface area (Å²) < 4.78 is 31.7. The lowest BCUT2D eigenvalue weighted by molar-refractivity contribution is -0.192. The number of likely N-dealkylation sites (tertiary alicyclic amines) is 1. The molecule has 8 heteroatoms. The van der Waals surface area contributed by atoms with Crippen LogP contribution in [0, 0.1) is 0 Å². The zero-order chi connectivity index (χ0) is 22.1. The van der Waals surface area contributed by atoms with Gasteiger partial charge in [-0.2, -0.15) is 13.2 Å². The van der Waals surface area contributed by atoms with Gasteiger partial charge in [-0.15, -0.1) is 0 Å². The molecule has 2 aliphatic carbocycles. The van der Waals surface area contributed by atoms with Crippen molar-refractivity contribution in [1.82, 2.24) is 10.2 Å². The largest absolute Gasteiger partial charge is 0.490 e. The summed E-state index contributed by atoms with van der Waals surface area (Å²) >= 11 is 0. The van der Waals surface area contributed by atoms with Gasteiger partial charge in [-0.1, -0.05) is 30.3 Å². The maximum absolute atomic E-state index is 12.7. The van der Waals surface area contributed by atoms with Gasteiger partial charge in [-0.25, -0.2) is 4.79 Å². The second-order valence-electron chi connectivity index (χ2n) is 8.44. The summed E-state index contributed by atoms with van der Waals surface area (Å²) in [4.78, 5) is 24.1. The number of carboxylic acids is 1. The van der Waals surface area contributed by atoms with Crippen molar-refractivity contribution in [2.24, 2.45) is 0 Å². The fourth-order valence-electron chi connectivity index (χ4n) is 4.12. The number of alkyl halides is 3. The maximum atomic E-state index is 12.7. The van der Waals surface area contributed by atoms with Crippen molar-refractivity contribution in [3.05, 3.63) is 41.5 Å². The summed E-state index contributed by atoms with van der Waals surface area (Å²) in [7, 11) is 0. The average Bonchev–Trinajstić information content (AvgIpc) is 3.44. The van der Waals surface area contributed by atoms with Crippen LogP contribution in [0.2, 0.25) is 0 Å². The molecule has 1 aromatic rings. The van der Waals surface area contributed by atoms with Crippen LogP contribution in [0.15, 0.2) is 30.3 Å². The van der Waals surface area contributed by atoms with Gasteiger partial charge in [-0.05, 0) is 63.7 Å². The van der Waals surface area contributed by atoms with Crippen molar-refractivity contribution in [3.63, 3.8) is 0 Å². The summed E-state index contributed by atoms with van der Waals surface area (Å²) in [6, 6.07) is 9.54. The molecule has 0 bridgehead atoms. The second-order valence-corrected chi connectivity index (χ2v) is 8.44. The van der Waals surface area contributed by atoms with Gasteiger partial charge in [0.25, 0.3) is 5.91 Å². The normalized spacial score (nSPS) is 20.3. The van der Waals surface area contributed by atoms with Gasteiger partial charge in [0, 0.05) is 23.1 Å². The van der Waals surface area contributed by atoms with E-state index in [2.05, 4.69) is 54.4 Å². The van der Waals surface area contributed by atoms with Gasteiger partial charge < -0.3 is 15.3 Å². The fourth-order valence-corrected chi connectivity index (χ4v) is 4.12. The van der Waals surface area contributed by atoms with Gasteiger partial charge in [0.2, 0.25) is 0 Å². The summed E-state index contributed by atoms with van der Waals surface area (Å²) in [6.45, 7) is 6.76. The highest BCUT2D eigenvalue weighted by molar-refractivity contribution is 6.21. The standard InChI is InChI=1S/C20H26N2O.C2HF3O2/c1-14(2)22-11-9-20(10-12-22)13-17(19(23)21-15-7-8-15)16-5-3-4-6-18(16)20;3-2(4,5)1(6)7/h3-6,13-15H,7-12H2,1-2H3,(H,21,23);(H,6,7). The quantitative estimate of drug-likeness (QED) is 0.776. The molecular weight excluding hydrogens is 397 g/mol. The third-order valence-corrected chi connectivity index (χ3v) is 5.99. The predicted octanol–water partition coefficient (Wildman–Crippen LogP) is 3.74. The van der Waals surface area contributed by atoms with Gasteiger partial charge in [0.1, 0.15) is 0 Å². The summed E-state index contributed by atoms with van der Waals surface area (Å²) in [6.07, 6.45) is 1.70. The zero-order valence-electron chi connectivity index (χ0n) is 17.1. The Morgan fingerprint density at radius 3 is 2.23 bits per heavy atom. The molecule has 0 unspecified atom stereocenters. The first-order valence-electron chi connectivity index (χ1n) is 10.2. The second kappa shape index (κ2) is 8.41. The Labute approximate surface area is 173 Å². The van der Waals surface area contributed by atoms with Crippen molar-refractivity contribution in [3.8, 4) is 0 Å². The van der Waals surface area contributed by atoms with Crippen LogP contribution < -0.4 is 5.32 Å². The Kier molecular flexibility index (Phi) is 6.26. The van der Waals surface area contributed by atoms with E-state index in [4.69, 9.17) is 9.90 Å². The first kappa shape index (κ1) is 22.3. The van der Waals surface area contributed by atoms with Gasteiger partial charge in [-0.3, -0.25) is 4.79 Å². The monoisotopic (exact) mass is 424 g/mol. The number of amides is 1. The van der Waals surface area contributed by atoms with E-state index in [0.29, 0.717) is 12.1 Å². The smallest absolute Gasteiger partial charge is 0.475 e. The Bertz CT molecular complexity index is 836. The number of halogens is 3. The molecular formula is C22H27F3N2O3. The van der Waals surface area contributed by atoms with Crippen LogP contribution in [0.25, 0.3) is 5.57 Å². The first-order chi connectivity index (χ1) is 14.0. The number of nitrogens with one attached hydrogen (secondary N) is 1. The minimum Gasteiger partial charge on any atom is -0.475 e. The molecule has 5 nitrogen and oxygen atoms in total. The number of carbonyl (C=O) groups is 2. The highest BCUT2D eigenvalue weighted by Crippen LogP contribution is 2.47. The molecule has 1 aromatic carbocycles. The molecule has 0 atom stereocenters. The number of carbonyl (C=O) groups excluding carboxylic acids is 1. The molecule has 1 saturated heterocycles. The molecule has 0 radical (unpaired) electrons. The summed E-state index contributed by atoms with van der Waals surface area (Å²) in [5, 5.41) is 10.3. The molecule has 1 spiro atoms. The Morgan fingerprint density at radius 1 is 1.17 bits per heavy atom. The third kappa shape index (κ3) is 4.86. The summed E-state index contributed by atoms with van der Waals surface area (Å²) in [5.41, 5.74) is 3.50. The van der Waals surface area contributed by atoms with Crippen molar-refractivity contribution < 1.29 is 27.9 Å². The zero-order valence-corrected chi connectivity index (χ0v) is 17.1. The first-order valence-corrected chi connectivity index (χ1v) is 10.2. The van der Waals surface area contributed by atoms with E-state index >= 15 is 0 Å². The van der Waals surface area contributed by atoms with Gasteiger partial charge in [0.15, 0.2) is 0 Å². The minimum atomic E-state index is -5.08. The summed E-state index contributed by atoms with van der Waals surface area (Å²) in [5.74, 6) is -2.63. The van der Waals surface area contributed by atoms with Crippen LogP contribution >= 0.6 is 0 Å². The van der Waals surface area contributed by atoms with Gasteiger partial charge >= 0.3 is 12.1 Å². The van der Waals surface area contributed by atoms with Crippen LogP contribution in [0.3, 0.4) is 0 Å². The number of rotatable bonds is 3. The van der Waals surface area contributed by atoms with Crippen molar-refractivity contribution in [2.45, 2.75) is 63.2 Å². The van der Waals surface area contributed by atoms with E-state index in [1.807, 2.05) is 0 Å². The minimum absolute atomic E-state index is 0.0677. The van der Waals surface area contributed by atoms with E-state index < -0.39 is 12.1 Å². The Balaban J connectivity index is 0.000000318. The van der Waals surface area contributed by atoms with Gasteiger partial charge in [0.05, 0.1) is 0 Å². The molecule has 4 rings (SSSR count). The lowest BCUT2D eigenvalue weighted by atomic mass is 9.74. The van der Waals surface area contributed by atoms with E-state index in [0.717, 1.165) is 49.9 Å². The molecule has 164 valence electrons. The van der Waals surface area contributed by atoms with Crippen LogP contribution in [-0.4, -0.2) is 53.2 Å². The number of benzene rings is 1. The molecule has 1 saturated carbocycles. The number of allylic oxidation sites excluding steroid dienone is 1. The molecule has 1 amide bonds. The number of aliphatic carboxylic acids is 1. The third-order valence-electron chi connectivity index (χ3n) is 5.99. The number of piperidine rings is 1. The predicted molar refractivity (Wildman–Crippen MR) is 107 cm³/mol. The van der Waals surface area contributed by atoms with Crippen LogP contribution in [0.4, 0.5) is 13.2 Å². The average molecular weight is 424 g/mol. The number of hydrogen-bond acceptors (Lipinski definition) is 3. The number of fused-ring (bicyclic) bond motifs is 2. The van der Waals surface area contributed by atoms with Crippen molar-refractivity contribution >= 4 is 17.4 Å². The maximum Gasteiger partial charge on any atom is 0.490 e. The van der Waals surface area contributed by atoms with Crippen LogP contribution in [-0.2, 0) is 15.0 Å². The molecule has 2 N–H and O–H groups in total. The van der Waals surface area contributed by atoms with E-state index in [-0.39, 0.29) is 11.3 Å². The van der Waals surface area contributed by atoms with E-state index in [1.54, 1.807) is 0 Å². The molecule has 3 aliphatic rings. The van der Waals surface area contributed by atoms with Crippen molar-refractivity contribution in [1.29, 1.82) is 0 Å². The topological polar surface area (TPSA) is 69.6 Å². The highest BCUT2D eigenvalue weighted by atomic mass is 19.4. The lowest BCUT2D eigenvalue weighted by Gasteiger charge is -2.41. The SMILES string of the molecule is CC(C)N1CCC2(C=C(C(=O)NC3CC3)c3ccccc32)CC1.O=C(O)C(F)(F)F. The van der Waals surface area contributed by atoms with Crippen LogP contribution in [0.5, 0.6) is 0 Å². The Morgan fingerprint density at radius 2 is 1.73 bits per heavy atom. The molecule has 30 heavy (non-hydrogen) atoms. The Hall–Kier alpha value is -2.35. The number of hydrogen-bond donors (Lipinski definition) is 2. The molecule has 1 heterocycles. The van der Waals surface area contributed by atoms with E-state index in [9.17, 15) is 18.0 Å². The highest BCUT2D eigenvalue weighted by Gasteiger charge is 2.42. The molecule has 0 aromatic heterocycles. The number of nitrogens with zero attached hydrogens (tertiary/aromatic N) is 1. The van der Waals surface area contributed by atoms with Crippen molar-refractivity contribution in [2.75, 3.05) is 13.1 Å². The lowest BCUT2D eigenvalue weighted by Crippen LogP contribution is -2.44. The van der Waals surface area contributed by atoms with Crippen LogP contribution in [0.1, 0.15) is 50.7 Å². The number of carboxylic acid groups (broad SMARTS) is 1. The van der Waals surface area contributed by atoms with E-state index in [1.165, 1.54) is 5.56 Å².